The first kappa shape index (κ1) is 14.8. The van der Waals surface area contributed by atoms with Crippen LogP contribution in [0.3, 0.4) is 0 Å². The van der Waals surface area contributed by atoms with E-state index in [-0.39, 0.29) is 17.9 Å². The zero-order valence-corrected chi connectivity index (χ0v) is 12.4. The minimum atomic E-state index is -0.232. The molecular formula is C15H21BN2O2. The number of benzene rings is 1. The van der Waals surface area contributed by atoms with Gasteiger partial charge in [0.2, 0.25) is 0 Å². The summed E-state index contributed by atoms with van der Waals surface area (Å²) in [6.45, 7) is 3.69. The SMILES string of the molecule is BN1CC/C(=N\[C@H](C)c2ccccc2)C(C(=O)OC)C1. The standard InChI is InChI=1S/C15H21BN2O2/c1-11(12-6-4-3-5-7-12)17-14-8-9-18(16)10-13(14)15(19)20-2/h3-7,11,13H,8-10,16H2,1-2H3/b17-14+/t11-,13?/m1/s1. The van der Waals surface area contributed by atoms with Crippen LogP contribution in [0, 0.1) is 5.92 Å². The minimum absolute atomic E-state index is 0.0711. The number of hydrogen-bond donors (Lipinski definition) is 0. The van der Waals surface area contributed by atoms with Crippen LogP contribution in [0.1, 0.15) is 24.9 Å². The summed E-state index contributed by atoms with van der Waals surface area (Å²) in [4.78, 5) is 18.8. The predicted molar refractivity (Wildman–Crippen MR) is 82.5 cm³/mol. The van der Waals surface area contributed by atoms with Crippen LogP contribution in [0.5, 0.6) is 0 Å². The fraction of sp³-hybridized carbons (Fsp3) is 0.467. The third kappa shape index (κ3) is 3.48. The number of piperidine rings is 1. The molecule has 0 N–H and O–H groups in total. The van der Waals surface area contributed by atoms with E-state index >= 15 is 0 Å². The minimum Gasteiger partial charge on any atom is -0.468 e. The Morgan fingerprint density at radius 2 is 2.15 bits per heavy atom. The largest absolute Gasteiger partial charge is 0.468 e. The normalized spacial score (nSPS) is 23.5. The van der Waals surface area contributed by atoms with Crippen molar-refractivity contribution in [2.45, 2.75) is 19.4 Å². The van der Waals surface area contributed by atoms with Crippen LogP contribution in [0.2, 0.25) is 0 Å². The Morgan fingerprint density at radius 1 is 1.45 bits per heavy atom. The number of esters is 1. The maximum atomic E-state index is 11.9. The average Bonchev–Trinajstić information content (AvgIpc) is 2.49. The molecule has 0 amide bonds. The lowest BCUT2D eigenvalue weighted by Crippen LogP contribution is -2.43. The molecule has 2 atom stereocenters. The molecule has 0 aromatic heterocycles. The van der Waals surface area contributed by atoms with Gasteiger partial charge in [0, 0.05) is 12.3 Å². The molecule has 0 aliphatic carbocycles. The predicted octanol–water partition coefficient (Wildman–Crippen LogP) is 1.23. The number of ether oxygens (including phenoxy) is 1. The van der Waals surface area contributed by atoms with Gasteiger partial charge in [-0.25, -0.2) is 0 Å². The van der Waals surface area contributed by atoms with Gasteiger partial charge >= 0.3 is 5.97 Å². The van der Waals surface area contributed by atoms with E-state index in [1.165, 1.54) is 12.7 Å². The summed E-state index contributed by atoms with van der Waals surface area (Å²) in [5.74, 6) is -0.416. The highest BCUT2D eigenvalue weighted by Gasteiger charge is 2.30. The highest BCUT2D eigenvalue weighted by molar-refractivity contribution is 6.08. The van der Waals surface area contributed by atoms with Crippen molar-refractivity contribution in [2.24, 2.45) is 10.9 Å². The fourth-order valence-electron chi connectivity index (χ4n) is 2.55. The van der Waals surface area contributed by atoms with Crippen LogP contribution in [0.15, 0.2) is 35.3 Å². The lowest BCUT2D eigenvalue weighted by molar-refractivity contribution is -0.143. The quantitative estimate of drug-likeness (QED) is 0.614. The lowest BCUT2D eigenvalue weighted by Gasteiger charge is -2.30. The number of carbonyl (C=O) groups excluding carboxylic acids is 1. The second kappa shape index (κ2) is 6.70. The van der Waals surface area contributed by atoms with E-state index in [1.54, 1.807) is 0 Å². The third-order valence-electron chi connectivity index (χ3n) is 3.77. The zero-order chi connectivity index (χ0) is 14.5. The topological polar surface area (TPSA) is 41.9 Å². The van der Waals surface area contributed by atoms with Crippen LogP contribution in [0.25, 0.3) is 0 Å². The second-order valence-electron chi connectivity index (χ2n) is 5.30. The molecule has 1 saturated heterocycles. The summed E-state index contributed by atoms with van der Waals surface area (Å²) in [6, 6.07) is 10.2. The van der Waals surface area contributed by atoms with E-state index in [0.29, 0.717) is 6.54 Å². The van der Waals surface area contributed by atoms with E-state index < -0.39 is 0 Å². The number of nitrogens with zero attached hydrogens (tertiary/aromatic N) is 2. The number of aliphatic imine (C=N–C) groups is 1. The molecular weight excluding hydrogens is 251 g/mol. The van der Waals surface area contributed by atoms with Crippen molar-refractivity contribution >= 4 is 19.7 Å². The fourth-order valence-corrected chi connectivity index (χ4v) is 2.55. The Balaban J connectivity index is 2.19. The molecule has 1 aliphatic rings. The van der Waals surface area contributed by atoms with Gasteiger partial charge in [0.15, 0.2) is 7.98 Å². The first-order valence-electron chi connectivity index (χ1n) is 6.99. The third-order valence-corrected chi connectivity index (χ3v) is 3.77. The van der Waals surface area contributed by atoms with Crippen molar-refractivity contribution < 1.29 is 9.53 Å². The first-order chi connectivity index (χ1) is 9.61. The van der Waals surface area contributed by atoms with Gasteiger partial charge < -0.3 is 9.55 Å². The van der Waals surface area contributed by atoms with Gasteiger partial charge in [-0.1, -0.05) is 30.3 Å². The lowest BCUT2D eigenvalue weighted by atomic mass is 9.93. The molecule has 0 bridgehead atoms. The molecule has 20 heavy (non-hydrogen) atoms. The van der Waals surface area contributed by atoms with Crippen molar-refractivity contribution in [1.82, 2.24) is 4.81 Å². The summed E-state index contributed by atoms with van der Waals surface area (Å²) >= 11 is 0. The molecule has 0 saturated carbocycles. The summed E-state index contributed by atoms with van der Waals surface area (Å²) in [5.41, 5.74) is 2.13. The monoisotopic (exact) mass is 272 g/mol. The molecule has 0 spiro atoms. The van der Waals surface area contributed by atoms with Gasteiger partial charge in [0.05, 0.1) is 13.2 Å². The molecule has 1 unspecified atom stereocenters. The van der Waals surface area contributed by atoms with Gasteiger partial charge in [-0.05, 0) is 25.5 Å². The smallest absolute Gasteiger partial charge is 0.315 e. The van der Waals surface area contributed by atoms with Gasteiger partial charge in [0.25, 0.3) is 0 Å². The van der Waals surface area contributed by atoms with Crippen LogP contribution < -0.4 is 0 Å². The molecule has 2 rings (SSSR count). The number of rotatable bonds is 3. The Labute approximate surface area is 121 Å². The van der Waals surface area contributed by atoms with Crippen LogP contribution in [-0.2, 0) is 9.53 Å². The molecule has 1 heterocycles. The average molecular weight is 272 g/mol. The van der Waals surface area contributed by atoms with E-state index in [0.717, 1.165) is 18.7 Å². The Hall–Kier alpha value is -1.62. The highest BCUT2D eigenvalue weighted by atomic mass is 16.5. The molecule has 1 aromatic rings. The Bertz CT molecular complexity index is 490. The first-order valence-corrected chi connectivity index (χ1v) is 6.99. The molecule has 5 heteroatoms. The van der Waals surface area contributed by atoms with Crippen molar-refractivity contribution in [2.75, 3.05) is 20.2 Å². The van der Waals surface area contributed by atoms with Crippen LogP contribution in [-0.4, -0.2) is 44.7 Å². The highest BCUT2D eigenvalue weighted by Crippen LogP contribution is 2.21. The number of carbonyl (C=O) groups is 1. The molecule has 106 valence electrons. The molecule has 4 nitrogen and oxygen atoms in total. The number of methoxy groups -OCH3 is 1. The van der Waals surface area contributed by atoms with Gasteiger partial charge in [0.1, 0.15) is 5.92 Å². The molecule has 1 aromatic carbocycles. The van der Waals surface area contributed by atoms with Crippen molar-refractivity contribution in [3.05, 3.63) is 35.9 Å². The second-order valence-corrected chi connectivity index (χ2v) is 5.30. The van der Waals surface area contributed by atoms with E-state index in [1.807, 2.05) is 26.2 Å². The van der Waals surface area contributed by atoms with Gasteiger partial charge in [-0.15, -0.1) is 0 Å². The summed E-state index contributed by atoms with van der Waals surface area (Å²) in [5, 5.41) is 0. The zero-order valence-electron chi connectivity index (χ0n) is 12.4. The summed E-state index contributed by atoms with van der Waals surface area (Å²) in [7, 11) is 3.46. The van der Waals surface area contributed by atoms with Crippen LogP contribution in [0.4, 0.5) is 0 Å². The molecule has 1 fully saturated rings. The van der Waals surface area contributed by atoms with E-state index in [4.69, 9.17) is 9.73 Å². The Kier molecular flexibility index (Phi) is 4.96. The van der Waals surface area contributed by atoms with Crippen molar-refractivity contribution in [3.63, 3.8) is 0 Å². The number of hydrogen-bond acceptors (Lipinski definition) is 4. The molecule has 1 aliphatic heterocycles. The van der Waals surface area contributed by atoms with E-state index in [9.17, 15) is 4.79 Å². The van der Waals surface area contributed by atoms with Gasteiger partial charge in [-0.2, -0.15) is 0 Å². The maximum Gasteiger partial charge on any atom is 0.315 e. The van der Waals surface area contributed by atoms with Crippen molar-refractivity contribution in [3.8, 4) is 0 Å². The van der Waals surface area contributed by atoms with Crippen LogP contribution >= 0.6 is 0 Å². The Morgan fingerprint density at radius 3 is 2.80 bits per heavy atom. The van der Waals surface area contributed by atoms with Crippen molar-refractivity contribution in [1.29, 1.82) is 0 Å². The molecule has 0 radical (unpaired) electrons. The summed E-state index contributed by atoms with van der Waals surface area (Å²) < 4.78 is 4.91. The summed E-state index contributed by atoms with van der Waals surface area (Å²) in [6.07, 6.45) is 0.827. The maximum absolute atomic E-state index is 11.9. The van der Waals surface area contributed by atoms with E-state index in [2.05, 4.69) is 23.9 Å². The van der Waals surface area contributed by atoms with Gasteiger partial charge in [-0.3, -0.25) is 9.79 Å².